The fraction of sp³-hybridized carbons (Fsp3) is 0.143. The van der Waals surface area contributed by atoms with Gasteiger partial charge >= 0.3 is 0 Å². The van der Waals surface area contributed by atoms with Gasteiger partial charge in [-0.3, -0.25) is 10.1 Å². The third-order valence-electron chi connectivity index (χ3n) is 2.63. The first-order valence-corrected chi connectivity index (χ1v) is 5.95. The number of hydrogen-bond acceptors (Lipinski definition) is 4. The average Bonchev–Trinajstić information content (AvgIpc) is 2.42. The Bertz CT molecular complexity index is 632. The van der Waals surface area contributed by atoms with Crippen LogP contribution in [0.4, 0.5) is 10.1 Å². The Morgan fingerprint density at radius 3 is 2.75 bits per heavy atom. The van der Waals surface area contributed by atoms with Crippen LogP contribution in [0.3, 0.4) is 0 Å². The number of halogens is 1. The van der Waals surface area contributed by atoms with E-state index in [2.05, 4.69) is 5.32 Å². The smallest absolute Gasteiger partial charge is 0.273 e. The summed E-state index contributed by atoms with van der Waals surface area (Å²) in [6, 6.07) is 10.2. The van der Waals surface area contributed by atoms with Crippen LogP contribution in [0.1, 0.15) is 5.56 Å². The van der Waals surface area contributed by atoms with E-state index in [0.717, 1.165) is 5.56 Å². The summed E-state index contributed by atoms with van der Waals surface area (Å²) in [5, 5.41) is 13.6. The van der Waals surface area contributed by atoms with Gasteiger partial charge in [-0.25, -0.2) is 4.39 Å². The molecule has 0 saturated heterocycles. The van der Waals surface area contributed by atoms with Gasteiger partial charge in [0.25, 0.3) is 5.69 Å². The number of benzene rings is 2. The fourth-order valence-electron chi connectivity index (χ4n) is 1.73. The van der Waals surface area contributed by atoms with Crippen LogP contribution in [-0.2, 0) is 6.54 Å². The van der Waals surface area contributed by atoms with Crippen LogP contribution in [0.5, 0.6) is 11.5 Å². The molecule has 0 bridgehead atoms. The Labute approximate surface area is 115 Å². The minimum atomic E-state index is -0.529. The van der Waals surface area contributed by atoms with E-state index in [4.69, 9.17) is 4.74 Å². The maximum absolute atomic E-state index is 13.8. The number of rotatable bonds is 5. The van der Waals surface area contributed by atoms with Gasteiger partial charge in [-0.05, 0) is 30.8 Å². The topological polar surface area (TPSA) is 64.4 Å². The summed E-state index contributed by atoms with van der Waals surface area (Å²) in [6.07, 6.45) is 0. The van der Waals surface area contributed by atoms with Crippen LogP contribution in [0.15, 0.2) is 42.5 Å². The summed E-state index contributed by atoms with van der Waals surface area (Å²) in [4.78, 5) is 10.1. The highest BCUT2D eigenvalue weighted by molar-refractivity contribution is 5.41. The van der Waals surface area contributed by atoms with Gasteiger partial charge in [0, 0.05) is 12.6 Å². The molecule has 2 rings (SSSR count). The normalized spacial score (nSPS) is 10.3. The van der Waals surface area contributed by atoms with Crippen molar-refractivity contribution in [2.45, 2.75) is 6.54 Å². The molecule has 0 radical (unpaired) electrons. The number of hydrogen-bond donors (Lipinski definition) is 1. The van der Waals surface area contributed by atoms with Gasteiger partial charge < -0.3 is 10.1 Å². The van der Waals surface area contributed by atoms with Gasteiger partial charge in [-0.15, -0.1) is 0 Å². The molecule has 0 amide bonds. The highest BCUT2D eigenvalue weighted by Gasteiger charge is 2.10. The van der Waals surface area contributed by atoms with Crippen molar-refractivity contribution in [1.29, 1.82) is 0 Å². The highest BCUT2D eigenvalue weighted by Crippen LogP contribution is 2.27. The van der Waals surface area contributed by atoms with E-state index in [1.165, 1.54) is 36.4 Å². The maximum Gasteiger partial charge on any atom is 0.273 e. The molecular formula is C14H13FN2O3. The molecule has 0 unspecified atom stereocenters. The number of nitrogens with one attached hydrogen (secondary N) is 1. The van der Waals surface area contributed by atoms with Crippen molar-refractivity contribution < 1.29 is 14.1 Å². The predicted molar refractivity (Wildman–Crippen MR) is 72.3 cm³/mol. The van der Waals surface area contributed by atoms with Crippen LogP contribution in [-0.4, -0.2) is 12.0 Å². The van der Waals surface area contributed by atoms with Crippen molar-refractivity contribution in [3.63, 3.8) is 0 Å². The van der Waals surface area contributed by atoms with Gasteiger partial charge in [0.1, 0.15) is 5.75 Å². The van der Waals surface area contributed by atoms with Crippen molar-refractivity contribution in [1.82, 2.24) is 5.32 Å². The summed E-state index contributed by atoms with van der Waals surface area (Å²) in [6.45, 7) is 0.550. The highest BCUT2D eigenvalue weighted by atomic mass is 19.1. The molecule has 2 aromatic rings. The third kappa shape index (κ3) is 3.30. The summed E-state index contributed by atoms with van der Waals surface area (Å²) in [5.41, 5.74) is 0.686. The SMILES string of the molecule is CNCc1ccc(Oc2cccc([N+](=O)[O-])c2)c(F)c1. The zero-order valence-corrected chi connectivity index (χ0v) is 10.8. The monoisotopic (exact) mass is 276 g/mol. The van der Waals surface area contributed by atoms with Gasteiger partial charge in [0.15, 0.2) is 11.6 Å². The first kappa shape index (κ1) is 14.0. The second-order valence-electron chi connectivity index (χ2n) is 4.15. The molecular weight excluding hydrogens is 263 g/mol. The number of nitro benzene ring substituents is 1. The van der Waals surface area contributed by atoms with E-state index in [1.54, 1.807) is 13.1 Å². The van der Waals surface area contributed by atoms with E-state index in [-0.39, 0.29) is 17.2 Å². The molecule has 0 aromatic heterocycles. The number of nitrogens with zero attached hydrogens (tertiary/aromatic N) is 1. The first-order valence-electron chi connectivity index (χ1n) is 5.95. The number of ether oxygens (including phenoxy) is 1. The zero-order chi connectivity index (χ0) is 14.5. The van der Waals surface area contributed by atoms with Crippen molar-refractivity contribution >= 4 is 5.69 Å². The van der Waals surface area contributed by atoms with Gasteiger partial charge in [-0.2, -0.15) is 0 Å². The van der Waals surface area contributed by atoms with Crippen molar-refractivity contribution in [2.24, 2.45) is 0 Å². The van der Waals surface area contributed by atoms with E-state index in [0.29, 0.717) is 6.54 Å². The molecule has 5 nitrogen and oxygen atoms in total. The Morgan fingerprint density at radius 2 is 2.10 bits per heavy atom. The molecule has 0 fully saturated rings. The van der Waals surface area contributed by atoms with Crippen LogP contribution in [0.2, 0.25) is 0 Å². The lowest BCUT2D eigenvalue weighted by Gasteiger charge is -2.08. The molecule has 1 N–H and O–H groups in total. The Morgan fingerprint density at radius 1 is 1.30 bits per heavy atom. The summed E-state index contributed by atoms with van der Waals surface area (Å²) < 4.78 is 19.2. The van der Waals surface area contributed by atoms with E-state index in [1.807, 2.05) is 0 Å². The van der Waals surface area contributed by atoms with Crippen LogP contribution >= 0.6 is 0 Å². The van der Waals surface area contributed by atoms with Crippen LogP contribution in [0, 0.1) is 15.9 Å². The van der Waals surface area contributed by atoms with Crippen LogP contribution < -0.4 is 10.1 Å². The van der Waals surface area contributed by atoms with Crippen LogP contribution in [0.25, 0.3) is 0 Å². The quantitative estimate of drug-likeness (QED) is 0.672. The average molecular weight is 276 g/mol. The molecule has 0 aliphatic carbocycles. The molecule has 104 valence electrons. The maximum atomic E-state index is 13.8. The summed E-state index contributed by atoms with van der Waals surface area (Å²) in [7, 11) is 1.77. The standard InChI is InChI=1S/C14H13FN2O3/c1-16-9-10-5-6-14(13(15)7-10)20-12-4-2-3-11(8-12)17(18)19/h2-8,16H,9H2,1H3. The number of nitro groups is 1. The van der Waals surface area contributed by atoms with Gasteiger partial charge in [-0.1, -0.05) is 12.1 Å². The number of non-ortho nitro benzene ring substituents is 1. The van der Waals surface area contributed by atoms with E-state index < -0.39 is 10.7 Å². The Hall–Kier alpha value is -2.47. The Balaban J connectivity index is 2.21. The lowest BCUT2D eigenvalue weighted by atomic mass is 10.2. The third-order valence-corrected chi connectivity index (χ3v) is 2.63. The molecule has 2 aromatic carbocycles. The van der Waals surface area contributed by atoms with Gasteiger partial charge in [0.05, 0.1) is 11.0 Å². The molecule has 0 spiro atoms. The van der Waals surface area contributed by atoms with Gasteiger partial charge in [0.2, 0.25) is 0 Å². The minimum Gasteiger partial charge on any atom is -0.454 e. The molecule has 20 heavy (non-hydrogen) atoms. The lowest BCUT2D eigenvalue weighted by Crippen LogP contribution is -2.05. The molecule has 0 aliphatic rings. The summed E-state index contributed by atoms with van der Waals surface area (Å²) >= 11 is 0. The van der Waals surface area contributed by atoms with Crippen molar-refractivity contribution in [3.05, 3.63) is 64.0 Å². The minimum absolute atomic E-state index is 0.0327. The Kier molecular flexibility index (Phi) is 4.27. The lowest BCUT2D eigenvalue weighted by molar-refractivity contribution is -0.384. The van der Waals surface area contributed by atoms with E-state index >= 15 is 0 Å². The summed E-state index contributed by atoms with van der Waals surface area (Å²) in [5.74, 6) is -0.255. The van der Waals surface area contributed by atoms with Crippen molar-refractivity contribution in [3.8, 4) is 11.5 Å². The second kappa shape index (κ2) is 6.12. The van der Waals surface area contributed by atoms with Crippen molar-refractivity contribution in [2.75, 3.05) is 7.05 Å². The predicted octanol–water partition coefficient (Wildman–Crippen LogP) is 3.25. The first-order chi connectivity index (χ1) is 9.60. The molecule has 0 saturated carbocycles. The molecule has 0 heterocycles. The van der Waals surface area contributed by atoms with E-state index in [9.17, 15) is 14.5 Å². The zero-order valence-electron chi connectivity index (χ0n) is 10.8. The fourth-order valence-corrected chi connectivity index (χ4v) is 1.73. The molecule has 0 atom stereocenters. The molecule has 6 heteroatoms. The second-order valence-corrected chi connectivity index (χ2v) is 4.15. The molecule has 0 aliphatic heterocycles. The largest absolute Gasteiger partial charge is 0.454 e.